The average Bonchev–Trinajstić information content (AvgIpc) is 2.55. The number of nitriles is 1. The highest BCUT2D eigenvalue weighted by molar-refractivity contribution is 6.04. The number of carbonyl (C=O) groups excluding carboxylic acids is 1. The van der Waals surface area contributed by atoms with Crippen molar-refractivity contribution in [3.8, 4) is 6.07 Å². The molecular formula is C14H16N2O. The van der Waals surface area contributed by atoms with Gasteiger partial charge in [0.15, 0.2) is 0 Å². The van der Waals surface area contributed by atoms with E-state index < -0.39 is 5.41 Å². The Balaban J connectivity index is 2.38. The van der Waals surface area contributed by atoms with E-state index in [1.807, 2.05) is 38.1 Å². The summed E-state index contributed by atoms with van der Waals surface area (Å²) in [6.45, 7) is 3.75. The fraction of sp³-hybridized carbons (Fsp3) is 0.429. The Hall–Kier alpha value is -1.82. The zero-order chi connectivity index (χ0) is 12.6. The van der Waals surface area contributed by atoms with E-state index in [4.69, 9.17) is 5.26 Å². The molecule has 0 radical (unpaired) electrons. The second-order valence-electron chi connectivity index (χ2n) is 5.21. The summed E-state index contributed by atoms with van der Waals surface area (Å²) < 4.78 is 0. The van der Waals surface area contributed by atoms with Crippen LogP contribution in [0.5, 0.6) is 0 Å². The molecule has 0 N–H and O–H groups in total. The van der Waals surface area contributed by atoms with Gasteiger partial charge in [-0.2, -0.15) is 5.26 Å². The van der Waals surface area contributed by atoms with Crippen LogP contribution in [0.2, 0.25) is 0 Å². The molecule has 0 spiro atoms. The number of fused-ring (bicyclic) bond motifs is 1. The Morgan fingerprint density at radius 1 is 1.41 bits per heavy atom. The number of nitrogens with zero attached hydrogens (tertiary/aromatic N) is 2. The predicted octanol–water partition coefficient (Wildman–Crippen LogP) is 2.69. The van der Waals surface area contributed by atoms with Gasteiger partial charge in [-0.3, -0.25) is 4.79 Å². The van der Waals surface area contributed by atoms with Gasteiger partial charge in [-0.05, 0) is 31.9 Å². The lowest BCUT2D eigenvalue weighted by atomic mass is 9.81. The third kappa shape index (κ3) is 1.91. The number of likely N-dealkylation sites (N-methyl/N-ethyl adjacent to an activating group) is 1. The third-order valence-electron chi connectivity index (χ3n) is 3.32. The molecule has 0 unspecified atom stereocenters. The number of amides is 1. The van der Waals surface area contributed by atoms with Crippen LogP contribution < -0.4 is 4.90 Å². The fourth-order valence-electron chi connectivity index (χ4n) is 2.33. The lowest BCUT2D eigenvalue weighted by Gasteiger charge is -2.19. The smallest absolute Gasteiger partial charge is 0.234 e. The quantitative estimate of drug-likeness (QED) is 0.781. The first-order chi connectivity index (χ1) is 7.96. The van der Waals surface area contributed by atoms with Crippen LogP contribution in [0.3, 0.4) is 0 Å². The van der Waals surface area contributed by atoms with Gasteiger partial charge in [0.25, 0.3) is 0 Å². The zero-order valence-corrected chi connectivity index (χ0v) is 10.4. The van der Waals surface area contributed by atoms with E-state index in [2.05, 4.69) is 6.07 Å². The summed E-state index contributed by atoms with van der Waals surface area (Å²) in [7, 11) is 1.79. The van der Waals surface area contributed by atoms with Gasteiger partial charge in [0.05, 0.1) is 17.4 Å². The van der Waals surface area contributed by atoms with Crippen LogP contribution in [0.1, 0.15) is 31.7 Å². The maximum Gasteiger partial charge on any atom is 0.234 e. The summed E-state index contributed by atoms with van der Waals surface area (Å²) in [5.74, 6) is -0.0830. The van der Waals surface area contributed by atoms with Crippen molar-refractivity contribution < 1.29 is 4.79 Å². The van der Waals surface area contributed by atoms with Gasteiger partial charge in [0.2, 0.25) is 5.91 Å². The van der Waals surface area contributed by atoms with E-state index >= 15 is 0 Å². The van der Waals surface area contributed by atoms with Crippen molar-refractivity contribution in [1.82, 2.24) is 0 Å². The van der Waals surface area contributed by atoms with Crippen LogP contribution in [0.25, 0.3) is 0 Å². The van der Waals surface area contributed by atoms with Crippen LogP contribution in [-0.2, 0) is 4.79 Å². The van der Waals surface area contributed by atoms with E-state index in [1.165, 1.54) is 0 Å². The largest absolute Gasteiger partial charge is 0.315 e. The molecule has 88 valence electrons. The van der Waals surface area contributed by atoms with E-state index in [0.29, 0.717) is 6.42 Å². The molecule has 0 fully saturated rings. The van der Waals surface area contributed by atoms with Gasteiger partial charge in [0, 0.05) is 12.7 Å². The molecule has 1 heterocycles. The number of anilines is 1. The van der Waals surface area contributed by atoms with Crippen molar-refractivity contribution >= 4 is 11.6 Å². The predicted molar refractivity (Wildman–Crippen MR) is 66.6 cm³/mol. The van der Waals surface area contributed by atoms with Crippen molar-refractivity contribution in [3.63, 3.8) is 0 Å². The molecule has 0 aliphatic carbocycles. The second kappa shape index (κ2) is 3.89. The standard InChI is InChI=1S/C14H16N2O/c1-14(2,9-15)8-11-10-6-4-5-7-12(10)16(3)13(11)17/h4-7,11H,8H2,1-3H3/t11-/m0/s1. The van der Waals surface area contributed by atoms with Crippen LogP contribution in [0.4, 0.5) is 5.69 Å². The average molecular weight is 228 g/mol. The Labute approximate surface area is 102 Å². The summed E-state index contributed by atoms with van der Waals surface area (Å²) in [6, 6.07) is 10.1. The molecule has 0 saturated carbocycles. The first-order valence-electron chi connectivity index (χ1n) is 5.74. The van der Waals surface area contributed by atoms with Crippen molar-refractivity contribution in [3.05, 3.63) is 29.8 Å². The van der Waals surface area contributed by atoms with Crippen molar-refractivity contribution in [2.75, 3.05) is 11.9 Å². The van der Waals surface area contributed by atoms with Gasteiger partial charge in [-0.25, -0.2) is 0 Å². The maximum atomic E-state index is 12.2. The lowest BCUT2D eigenvalue weighted by molar-refractivity contribution is -0.119. The molecule has 3 heteroatoms. The number of rotatable bonds is 2. The minimum absolute atomic E-state index is 0.0922. The molecule has 0 aromatic heterocycles. The highest BCUT2D eigenvalue weighted by Crippen LogP contribution is 2.42. The number of benzene rings is 1. The highest BCUT2D eigenvalue weighted by Gasteiger charge is 2.38. The molecule has 3 nitrogen and oxygen atoms in total. The van der Waals surface area contributed by atoms with Crippen LogP contribution in [0.15, 0.2) is 24.3 Å². The van der Waals surface area contributed by atoms with Gasteiger partial charge in [-0.15, -0.1) is 0 Å². The Bertz CT molecular complexity index is 499. The zero-order valence-electron chi connectivity index (χ0n) is 10.4. The van der Waals surface area contributed by atoms with Crippen molar-refractivity contribution in [1.29, 1.82) is 5.26 Å². The van der Waals surface area contributed by atoms with E-state index in [9.17, 15) is 4.79 Å². The summed E-state index contributed by atoms with van der Waals surface area (Å²) in [6.07, 6.45) is 0.573. The molecule has 0 saturated heterocycles. The van der Waals surface area contributed by atoms with E-state index in [1.54, 1.807) is 11.9 Å². The minimum atomic E-state index is -0.474. The summed E-state index contributed by atoms with van der Waals surface area (Å²) >= 11 is 0. The van der Waals surface area contributed by atoms with Gasteiger partial charge in [-0.1, -0.05) is 18.2 Å². The molecule has 17 heavy (non-hydrogen) atoms. The van der Waals surface area contributed by atoms with E-state index in [0.717, 1.165) is 11.3 Å². The summed E-state index contributed by atoms with van der Waals surface area (Å²) in [4.78, 5) is 13.9. The molecule has 1 aliphatic rings. The van der Waals surface area contributed by atoms with Gasteiger partial charge >= 0.3 is 0 Å². The van der Waals surface area contributed by atoms with Crippen LogP contribution in [-0.4, -0.2) is 13.0 Å². The van der Waals surface area contributed by atoms with Crippen LogP contribution in [0, 0.1) is 16.7 Å². The molecule has 1 aliphatic heterocycles. The van der Waals surface area contributed by atoms with Crippen molar-refractivity contribution in [2.45, 2.75) is 26.2 Å². The molecule has 1 amide bonds. The maximum absolute atomic E-state index is 12.2. The highest BCUT2D eigenvalue weighted by atomic mass is 16.2. The third-order valence-corrected chi connectivity index (χ3v) is 3.32. The fourth-order valence-corrected chi connectivity index (χ4v) is 2.33. The van der Waals surface area contributed by atoms with Gasteiger partial charge in [0.1, 0.15) is 0 Å². The first-order valence-corrected chi connectivity index (χ1v) is 5.74. The second-order valence-corrected chi connectivity index (χ2v) is 5.21. The van der Waals surface area contributed by atoms with Crippen LogP contribution >= 0.6 is 0 Å². The molecule has 2 rings (SSSR count). The Morgan fingerprint density at radius 2 is 2.06 bits per heavy atom. The Kier molecular flexibility index (Phi) is 2.66. The first kappa shape index (κ1) is 11.7. The lowest BCUT2D eigenvalue weighted by Crippen LogP contribution is -2.26. The monoisotopic (exact) mass is 228 g/mol. The van der Waals surface area contributed by atoms with Crippen molar-refractivity contribution in [2.24, 2.45) is 5.41 Å². The van der Waals surface area contributed by atoms with E-state index in [-0.39, 0.29) is 11.8 Å². The number of hydrogen-bond acceptors (Lipinski definition) is 2. The topological polar surface area (TPSA) is 44.1 Å². The number of carbonyl (C=O) groups is 1. The number of para-hydroxylation sites is 1. The minimum Gasteiger partial charge on any atom is -0.315 e. The van der Waals surface area contributed by atoms with Gasteiger partial charge < -0.3 is 4.90 Å². The summed E-state index contributed by atoms with van der Waals surface area (Å²) in [5.41, 5.74) is 1.54. The Morgan fingerprint density at radius 3 is 2.71 bits per heavy atom. The molecule has 1 aromatic carbocycles. The molecule has 1 aromatic rings. The number of hydrogen-bond donors (Lipinski definition) is 0. The normalized spacial score (nSPS) is 19.1. The molecular weight excluding hydrogens is 212 g/mol. The molecule has 1 atom stereocenters. The summed E-state index contributed by atoms with van der Waals surface area (Å²) in [5, 5.41) is 9.08. The SMILES string of the molecule is CN1C(=O)[C@@H](CC(C)(C)C#N)c2ccccc21. The molecule has 0 bridgehead atoms.